The number of hydrogen-bond donors (Lipinski definition) is 1. The highest BCUT2D eigenvalue weighted by atomic mass is 35.5. The van der Waals surface area contributed by atoms with Crippen molar-refractivity contribution in [1.82, 2.24) is 10.2 Å². The van der Waals surface area contributed by atoms with Gasteiger partial charge in [-0.3, -0.25) is 9.59 Å². The zero-order valence-electron chi connectivity index (χ0n) is 19.0. The number of nitrogens with zero attached hydrogens (tertiary/aromatic N) is 1. The van der Waals surface area contributed by atoms with E-state index in [0.29, 0.717) is 29.3 Å². The Hall–Kier alpha value is -3.38. The Morgan fingerprint density at radius 2 is 1.65 bits per heavy atom. The topological polar surface area (TPSA) is 58.6 Å². The molecule has 2 amide bonds. The van der Waals surface area contributed by atoms with Crippen LogP contribution >= 0.6 is 11.6 Å². The monoisotopic (exact) mass is 482 g/mol. The minimum atomic E-state index is -0.777. The number of carbonyl (C=O) groups is 2. The molecule has 1 atom stereocenters. The van der Waals surface area contributed by atoms with Crippen LogP contribution in [0.5, 0.6) is 5.75 Å². The predicted molar refractivity (Wildman–Crippen MR) is 131 cm³/mol. The number of benzene rings is 3. The number of rotatable bonds is 11. The summed E-state index contributed by atoms with van der Waals surface area (Å²) in [7, 11) is 0. The summed E-state index contributed by atoms with van der Waals surface area (Å²) in [5.74, 6) is -0.616. The second-order valence-electron chi connectivity index (χ2n) is 7.86. The lowest BCUT2D eigenvalue weighted by Gasteiger charge is -2.31. The molecule has 3 aromatic carbocycles. The van der Waals surface area contributed by atoms with E-state index in [1.54, 1.807) is 36.4 Å². The van der Waals surface area contributed by atoms with Crippen molar-refractivity contribution in [2.45, 2.75) is 32.4 Å². The Morgan fingerprint density at radius 1 is 0.971 bits per heavy atom. The van der Waals surface area contributed by atoms with Crippen LogP contribution < -0.4 is 10.1 Å². The fraction of sp³-hybridized carbons (Fsp3) is 0.259. The third-order valence-corrected chi connectivity index (χ3v) is 5.59. The van der Waals surface area contributed by atoms with E-state index in [0.717, 1.165) is 12.0 Å². The molecule has 0 saturated heterocycles. The van der Waals surface area contributed by atoms with Gasteiger partial charge in [0.25, 0.3) is 5.91 Å². The molecule has 5 nitrogen and oxygen atoms in total. The van der Waals surface area contributed by atoms with Gasteiger partial charge >= 0.3 is 0 Å². The molecule has 0 saturated carbocycles. The standard InChI is InChI=1S/C27H28ClFN2O3/c1-2-16-30-27(33)24(17-20-8-4-3-5-9-20)31(18-21-12-14-22(29)15-13-21)26(32)19-34-25-11-7-6-10-23(25)28/h3-15,24H,2,16-19H2,1H3,(H,30,33)/t24-/m1/s1. The van der Waals surface area contributed by atoms with Crippen molar-refractivity contribution in [2.75, 3.05) is 13.2 Å². The summed E-state index contributed by atoms with van der Waals surface area (Å²) >= 11 is 6.16. The van der Waals surface area contributed by atoms with Crippen LogP contribution in [0.2, 0.25) is 5.02 Å². The van der Waals surface area contributed by atoms with Crippen LogP contribution in [0, 0.1) is 5.82 Å². The first-order chi connectivity index (χ1) is 16.5. The SMILES string of the molecule is CCCNC(=O)[C@@H](Cc1ccccc1)N(Cc1ccc(F)cc1)C(=O)COc1ccccc1Cl. The molecule has 1 N–H and O–H groups in total. The van der Waals surface area contributed by atoms with Crippen molar-refractivity contribution in [3.63, 3.8) is 0 Å². The van der Waals surface area contributed by atoms with Crippen molar-refractivity contribution in [3.05, 3.63) is 101 Å². The Kier molecular flexibility index (Phi) is 9.47. The van der Waals surface area contributed by atoms with Gasteiger partial charge in [0.05, 0.1) is 5.02 Å². The Balaban J connectivity index is 1.89. The first-order valence-electron chi connectivity index (χ1n) is 11.2. The van der Waals surface area contributed by atoms with E-state index in [1.165, 1.54) is 17.0 Å². The summed E-state index contributed by atoms with van der Waals surface area (Å²) < 4.78 is 19.1. The molecule has 0 aliphatic heterocycles. The summed E-state index contributed by atoms with van der Waals surface area (Å²) in [6.45, 7) is 2.30. The van der Waals surface area contributed by atoms with Gasteiger partial charge in [0, 0.05) is 19.5 Å². The number of amides is 2. The smallest absolute Gasteiger partial charge is 0.261 e. The van der Waals surface area contributed by atoms with Crippen molar-refractivity contribution in [2.24, 2.45) is 0 Å². The molecule has 178 valence electrons. The van der Waals surface area contributed by atoms with Gasteiger partial charge in [0.15, 0.2) is 6.61 Å². The van der Waals surface area contributed by atoms with Gasteiger partial charge in [-0.2, -0.15) is 0 Å². The quantitative estimate of drug-likeness (QED) is 0.417. The second kappa shape index (κ2) is 12.8. The normalized spacial score (nSPS) is 11.5. The van der Waals surface area contributed by atoms with Crippen molar-refractivity contribution in [3.8, 4) is 5.75 Å². The highest BCUT2D eigenvalue weighted by Gasteiger charge is 2.30. The summed E-state index contributed by atoms with van der Waals surface area (Å²) in [5, 5.41) is 3.30. The van der Waals surface area contributed by atoms with Crippen molar-refractivity contribution >= 4 is 23.4 Å². The molecule has 0 aliphatic rings. The molecule has 0 bridgehead atoms. The summed E-state index contributed by atoms with van der Waals surface area (Å²) in [5.41, 5.74) is 1.62. The Bertz CT molecular complexity index is 1080. The summed E-state index contributed by atoms with van der Waals surface area (Å²) in [4.78, 5) is 28.1. The van der Waals surface area contributed by atoms with E-state index in [4.69, 9.17) is 16.3 Å². The fourth-order valence-corrected chi connectivity index (χ4v) is 3.68. The molecular formula is C27H28ClFN2O3. The van der Waals surface area contributed by atoms with Gasteiger partial charge < -0.3 is 15.0 Å². The van der Waals surface area contributed by atoms with Crippen molar-refractivity contribution < 1.29 is 18.7 Å². The highest BCUT2D eigenvalue weighted by Crippen LogP contribution is 2.23. The number of hydrogen-bond acceptors (Lipinski definition) is 3. The van der Waals surface area contributed by atoms with E-state index in [-0.39, 0.29) is 30.8 Å². The van der Waals surface area contributed by atoms with Crippen LogP contribution in [0.15, 0.2) is 78.9 Å². The molecular weight excluding hydrogens is 455 g/mol. The van der Waals surface area contributed by atoms with Crippen LogP contribution in [-0.4, -0.2) is 35.9 Å². The first-order valence-corrected chi connectivity index (χ1v) is 11.6. The third-order valence-electron chi connectivity index (χ3n) is 5.27. The van der Waals surface area contributed by atoms with Crippen LogP contribution in [0.1, 0.15) is 24.5 Å². The molecule has 7 heteroatoms. The summed E-state index contributed by atoms with van der Waals surface area (Å²) in [6.07, 6.45) is 1.10. The molecule has 3 rings (SSSR count). The van der Waals surface area contributed by atoms with Crippen LogP contribution in [0.4, 0.5) is 4.39 Å². The van der Waals surface area contributed by atoms with Gasteiger partial charge in [0.2, 0.25) is 5.91 Å². The molecule has 0 unspecified atom stereocenters. The van der Waals surface area contributed by atoms with Gasteiger partial charge in [-0.1, -0.05) is 73.1 Å². The van der Waals surface area contributed by atoms with E-state index >= 15 is 0 Å². The van der Waals surface area contributed by atoms with Gasteiger partial charge in [0.1, 0.15) is 17.6 Å². The maximum atomic E-state index is 13.5. The summed E-state index contributed by atoms with van der Waals surface area (Å²) in [6, 6.07) is 21.5. The van der Waals surface area contributed by atoms with Crippen LogP contribution in [0.3, 0.4) is 0 Å². The maximum Gasteiger partial charge on any atom is 0.261 e. The second-order valence-corrected chi connectivity index (χ2v) is 8.27. The third kappa shape index (κ3) is 7.32. The molecule has 3 aromatic rings. The molecule has 0 aliphatic carbocycles. The fourth-order valence-electron chi connectivity index (χ4n) is 3.49. The number of carbonyl (C=O) groups excluding carboxylic acids is 2. The van der Waals surface area contributed by atoms with Crippen molar-refractivity contribution in [1.29, 1.82) is 0 Å². The largest absolute Gasteiger partial charge is 0.482 e. The average Bonchev–Trinajstić information content (AvgIpc) is 2.85. The average molecular weight is 483 g/mol. The molecule has 34 heavy (non-hydrogen) atoms. The predicted octanol–water partition coefficient (Wildman–Crippen LogP) is 5.02. The minimum absolute atomic E-state index is 0.127. The van der Waals surface area contributed by atoms with E-state index < -0.39 is 6.04 Å². The highest BCUT2D eigenvalue weighted by molar-refractivity contribution is 6.32. The van der Waals surface area contributed by atoms with Gasteiger partial charge in [-0.25, -0.2) is 4.39 Å². The van der Waals surface area contributed by atoms with Crippen LogP contribution in [-0.2, 0) is 22.6 Å². The zero-order valence-corrected chi connectivity index (χ0v) is 19.8. The Labute approximate surface area is 204 Å². The lowest BCUT2D eigenvalue weighted by atomic mass is 10.0. The van der Waals surface area contributed by atoms with E-state index in [9.17, 15) is 14.0 Å². The zero-order chi connectivity index (χ0) is 24.3. The first kappa shape index (κ1) is 25.2. The number of halogens is 2. The molecule has 0 spiro atoms. The van der Waals surface area contributed by atoms with Gasteiger partial charge in [-0.05, 0) is 41.8 Å². The number of nitrogens with one attached hydrogen (secondary N) is 1. The lowest BCUT2D eigenvalue weighted by molar-refractivity contribution is -0.142. The minimum Gasteiger partial charge on any atom is -0.482 e. The molecule has 0 radical (unpaired) electrons. The van der Waals surface area contributed by atoms with E-state index in [1.807, 2.05) is 37.3 Å². The molecule has 0 fully saturated rings. The maximum absolute atomic E-state index is 13.5. The lowest BCUT2D eigenvalue weighted by Crippen LogP contribution is -2.51. The van der Waals surface area contributed by atoms with E-state index in [2.05, 4.69) is 5.32 Å². The number of ether oxygens (including phenoxy) is 1. The van der Waals surface area contributed by atoms with Crippen LogP contribution in [0.25, 0.3) is 0 Å². The Morgan fingerprint density at radius 3 is 2.32 bits per heavy atom. The number of para-hydroxylation sites is 1. The molecule has 0 heterocycles. The van der Waals surface area contributed by atoms with Gasteiger partial charge in [-0.15, -0.1) is 0 Å². The molecule has 0 aromatic heterocycles.